The maximum Gasteiger partial charge on any atom is 0.256 e. The molecule has 3 rings (SSSR count). The lowest BCUT2D eigenvalue weighted by atomic mass is 10.1. The van der Waals surface area contributed by atoms with Gasteiger partial charge in [0, 0.05) is 30.1 Å². The second kappa shape index (κ2) is 5.77. The van der Waals surface area contributed by atoms with Crippen LogP contribution in [0.25, 0.3) is 10.8 Å². The Morgan fingerprint density at radius 3 is 3.05 bits per heavy atom. The molecule has 4 heteroatoms. The third kappa shape index (κ3) is 2.62. The Labute approximate surface area is 118 Å². The van der Waals surface area contributed by atoms with Crippen molar-refractivity contribution in [3.63, 3.8) is 0 Å². The first-order valence-corrected chi connectivity index (χ1v) is 7.24. The number of aliphatic hydroxyl groups excluding tert-OH is 1. The highest BCUT2D eigenvalue weighted by Crippen LogP contribution is 2.17. The summed E-state index contributed by atoms with van der Waals surface area (Å²) < 4.78 is 0. The van der Waals surface area contributed by atoms with Crippen molar-refractivity contribution in [1.29, 1.82) is 0 Å². The summed E-state index contributed by atoms with van der Waals surface area (Å²) in [5.41, 5.74) is 0.954. The van der Waals surface area contributed by atoms with Crippen LogP contribution in [-0.2, 0) is 6.42 Å². The maximum atomic E-state index is 12.0. The normalized spacial score (nSPS) is 19.8. The van der Waals surface area contributed by atoms with E-state index in [1.165, 1.54) is 0 Å². The van der Waals surface area contributed by atoms with Gasteiger partial charge in [-0.15, -0.1) is 0 Å². The fourth-order valence-corrected chi connectivity index (χ4v) is 3.06. The molecule has 4 nitrogen and oxygen atoms in total. The second-order valence-corrected chi connectivity index (χ2v) is 5.48. The molecule has 0 bridgehead atoms. The molecule has 0 spiro atoms. The van der Waals surface area contributed by atoms with Crippen LogP contribution in [0.15, 0.2) is 35.1 Å². The first-order valence-electron chi connectivity index (χ1n) is 7.24. The molecule has 0 radical (unpaired) electrons. The summed E-state index contributed by atoms with van der Waals surface area (Å²) in [4.78, 5) is 17.3. The standard InChI is InChI=1S/C16H20N2O2/c19-11-14-5-3-8-18(14)9-7-13-10-12-4-1-2-6-15(12)16(20)17-13/h1-2,4,6,10,14,19H,3,5,7-9,11H2,(H,17,20)/t14-/m0/s1. The number of nitrogens with zero attached hydrogens (tertiary/aromatic N) is 1. The SMILES string of the molecule is O=c1[nH]c(CCN2CCC[C@H]2CO)cc2ccccc12. The van der Waals surface area contributed by atoms with Crippen molar-refractivity contribution >= 4 is 10.8 Å². The second-order valence-electron chi connectivity index (χ2n) is 5.48. The van der Waals surface area contributed by atoms with Crippen LogP contribution in [0.3, 0.4) is 0 Å². The number of H-pyrrole nitrogens is 1. The molecular formula is C16H20N2O2. The predicted octanol–water partition coefficient (Wildman–Crippen LogP) is 1.53. The number of aromatic amines is 1. The predicted molar refractivity (Wildman–Crippen MR) is 80.0 cm³/mol. The lowest BCUT2D eigenvalue weighted by Gasteiger charge is -2.22. The van der Waals surface area contributed by atoms with Gasteiger partial charge >= 0.3 is 0 Å². The van der Waals surface area contributed by atoms with E-state index in [2.05, 4.69) is 16.0 Å². The van der Waals surface area contributed by atoms with Crippen molar-refractivity contribution in [1.82, 2.24) is 9.88 Å². The monoisotopic (exact) mass is 272 g/mol. The minimum absolute atomic E-state index is 0.0155. The van der Waals surface area contributed by atoms with E-state index in [4.69, 9.17) is 0 Å². The Bertz CT molecular complexity index is 650. The lowest BCUT2D eigenvalue weighted by molar-refractivity contribution is 0.160. The third-order valence-electron chi connectivity index (χ3n) is 4.19. The molecule has 1 fully saturated rings. The summed E-state index contributed by atoms with van der Waals surface area (Å²) in [6.45, 7) is 2.16. The summed E-state index contributed by atoms with van der Waals surface area (Å²) >= 11 is 0. The largest absolute Gasteiger partial charge is 0.395 e. The van der Waals surface area contributed by atoms with Crippen molar-refractivity contribution in [2.45, 2.75) is 25.3 Å². The van der Waals surface area contributed by atoms with E-state index in [9.17, 15) is 9.90 Å². The zero-order valence-corrected chi connectivity index (χ0v) is 11.5. The first kappa shape index (κ1) is 13.3. The molecule has 2 heterocycles. The molecule has 2 N–H and O–H groups in total. The number of likely N-dealkylation sites (tertiary alicyclic amines) is 1. The highest BCUT2D eigenvalue weighted by Gasteiger charge is 2.23. The highest BCUT2D eigenvalue weighted by molar-refractivity contribution is 5.81. The number of aromatic nitrogens is 1. The van der Waals surface area contributed by atoms with Crippen LogP contribution in [0.4, 0.5) is 0 Å². The summed E-state index contributed by atoms with van der Waals surface area (Å²) in [5.74, 6) is 0. The molecule has 1 aliphatic heterocycles. The van der Waals surface area contributed by atoms with Gasteiger partial charge in [-0.2, -0.15) is 0 Å². The fourth-order valence-electron chi connectivity index (χ4n) is 3.06. The van der Waals surface area contributed by atoms with Gasteiger partial charge in [0.05, 0.1) is 6.61 Å². The van der Waals surface area contributed by atoms with Crippen LogP contribution in [0.1, 0.15) is 18.5 Å². The summed E-state index contributed by atoms with van der Waals surface area (Å²) in [7, 11) is 0. The lowest BCUT2D eigenvalue weighted by Crippen LogP contribution is -2.34. The van der Waals surface area contributed by atoms with Gasteiger partial charge in [-0.05, 0) is 36.9 Å². The minimum atomic E-state index is -0.0155. The number of pyridine rings is 1. The quantitative estimate of drug-likeness (QED) is 0.887. The molecule has 1 aromatic heterocycles. The zero-order valence-electron chi connectivity index (χ0n) is 11.5. The Morgan fingerprint density at radius 2 is 2.20 bits per heavy atom. The van der Waals surface area contributed by atoms with Crippen LogP contribution in [-0.4, -0.2) is 40.7 Å². The van der Waals surface area contributed by atoms with E-state index < -0.39 is 0 Å². The highest BCUT2D eigenvalue weighted by atomic mass is 16.3. The van der Waals surface area contributed by atoms with Crippen molar-refractivity contribution in [3.8, 4) is 0 Å². The van der Waals surface area contributed by atoms with Crippen LogP contribution in [0, 0.1) is 0 Å². The van der Waals surface area contributed by atoms with Crippen molar-refractivity contribution in [2.24, 2.45) is 0 Å². The molecule has 1 atom stereocenters. The molecule has 0 amide bonds. The molecular weight excluding hydrogens is 252 g/mol. The Hall–Kier alpha value is -1.65. The van der Waals surface area contributed by atoms with Gasteiger partial charge in [0.25, 0.3) is 5.56 Å². The van der Waals surface area contributed by atoms with E-state index in [1.807, 2.05) is 24.3 Å². The van der Waals surface area contributed by atoms with Crippen LogP contribution in [0.2, 0.25) is 0 Å². The first-order chi connectivity index (χ1) is 9.78. The minimum Gasteiger partial charge on any atom is -0.395 e. The van der Waals surface area contributed by atoms with E-state index in [0.29, 0.717) is 6.04 Å². The fraction of sp³-hybridized carbons (Fsp3) is 0.438. The Morgan fingerprint density at radius 1 is 1.35 bits per heavy atom. The molecule has 1 saturated heterocycles. The van der Waals surface area contributed by atoms with E-state index in [-0.39, 0.29) is 12.2 Å². The number of benzene rings is 1. The molecule has 2 aromatic rings. The molecule has 1 aromatic carbocycles. The zero-order chi connectivity index (χ0) is 13.9. The van der Waals surface area contributed by atoms with Gasteiger partial charge in [0.15, 0.2) is 0 Å². The molecule has 0 aliphatic carbocycles. The topological polar surface area (TPSA) is 56.3 Å². The van der Waals surface area contributed by atoms with E-state index in [1.54, 1.807) is 0 Å². The number of fused-ring (bicyclic) bond motifs is 1. The van der Waals surface area contributed by atoms with E-state index >= 15 is 0 Å². The van der Waals surface area contributed by atoms with Gasteiger partial charge < -0.3 is 10.1 Å². The van der Waals surface area contributed by atoms with Crippen LogP contribution < -0.4 is 5.56 Å². The Kier molecular flexibility index (Phi) is 3.85. The number of hydrogen-bond acceptors (Lipinski definition) is 3. The average molecular weight is 272 g/mol. The Balaban J connectivity index is 1.76. The average Bonchev–Trinajstić information content (AvgIpc) is 2.93. The summed E-state index contributed by atoms with van der Waals surface area (Å²) in [6, 6.07) is 10.0. The molecule has 20 heavy (non-hydrogen) atoms. The van der Waals surface area contributed by atoms with Crippen LogP contribution in [0.5, 0.6) is 0 Å². The molecule has 0 saturated carbocycles. The third-order valence-corrected chi connectivity index (χ3v) is 4.19. The smallest absolute Gasteiger partial charge is 0.256 e. The van der Waals surface area contributed by atoms with Gasteiger partial charge in [-0.3, -0.25) is 9.69 Å². The molecule has 0 unspecified atom stereocenters. The van der Waals surface area contributed by atoms with Crippen LogP contribution >= 0.6 is 0 Å². The van der Waals surface area contributed by atoms with Crippen molar-refractivity contribution in [3.05, 3.63) is 46.4 Å². The van der Waals surface area contributed by atoms with Gasteiger partial charge in [0.1, 0.15) is 0 Å². The number of rotatable bonds is 4. The van der Waals surface area contributed by atoms with Gasteiger partial charge in [-0.25, -0.2) is 0 Å². The molecule has 106 valence electrons. The van der Waals surface area contributed by atoms with Gasteiger partial charge in [-0.1, -0.05) is 18.2 Å². The number of nitrogens with one attached hydrogen (secondary N) is 1. The van der Waals surface area contributed by atoms with Crippen molar-refractivity contribution in [2.75, 3.05) is 19.7 Å². The number of hydrogen-bond donors (Lipinski definition) is 2. The summed E-state index contributed by atoms with van der Waals surface area (Å²) in [6.07, 6.45) is 3.04. The van der Waals surface area contributed by atoms with Crippen molar-refractivity contribution < 1.29 is 5.11 Å². The number of aliphatic hydroxyl groups is 1. The molecule has 1 aliphatic rings. The van der Waals surface area contributed by atoms with Gasteiger partial charge in [0.2, 0.25) is 0 Å². The summed E-state index contributed by atoms with van der Waals surface area (Å²) in [5, 5.41) is 11.1. The van der Waals surface area contributed by atoms with E-state index in [0.717, 1.165) is 48.8 Å². The maximum absolute atomic E-state index is 12.0.